The molecule has 1 aliphatic heterocycles. The van der Waals surface area contributed by atoms with Crippen LogP contribution in [0.2, 0.25) is 0 Å². The summed E-state index contributed by atoms with van der Waals surface area (Å²) < 4.78 is 42.2. The maximum Gasteiger partial charge on any atom is 0.573 e. The molecule has 1 saturated heterocycles. The normalized spacial score (nSPS) is 17.8. The first-order valence-corrected chi connectivity index (χ1v) is 10.7. The first-order chi connectivity index (χ1) is 16.1. The summed E-state index contributed by atoms with van der Waals surface area (Å²) in [4.78, 5) is 31.5. The highest BCUT2D eigenvalue weighted by atomic mass is 79.9. The number of aryl methyl sites for hydroxylation is 1. The molecule has 0 saturated carbocycles. The van der Waals surface area contributed by atoms with Crippen LogP contribution in [0.5, 0.6) is 5.75 Å². The monoisotopic (exact) mass is 532 g/mol. The van der Waals surface area contributed by atoms with E-state index in [1.54, 1.807) is 43.3 Å². The van der Waals surface area contributed by atoms with Crippen LogP contribution >= 0.6 is 15.9 Å². The Morgan fingerprint density at radius 3 is 2.38 bits per heavy atom. The molecule has 0 bridgehead atoms. The second kappa shape index (κ2) is 8.94. The van der Waals surface area contributed by atoms with Crippen LogP contribution in [0.4, 0.5) is 18.9 Å². The van der Waals surface area contributed by atoms with Crippen molar-refractivity contribution in [1.29, 1.82) is 0 Å². The number of ketones is 1. The fourth-order valence-electron chi connectivity index (χ4n) is 3.67. The van der Waals surface area contributed by atoms with Crippen LogP contribution in [0.25, 0.3) is 5.76 Å². The minimum absolute atomic E-state index is 0.137. The van der Waals surface area contributed by atoms with Gasteiger partial charge in [-0.05, 0) is 61.0 Å². The van der Waals surface area contributed by atoms with Crippen LogP contribution in [-0.2, 0) is 9.59 Å². The molecule has 3 aromatic rings. The van der Waals surface area contributed by atoms with E-state index in [9.17, 15) is 27.9 Å². The molecule has 4 rings (SSSR count). The Kier molecular flexibility index (Phi) is 6.18. The van der Waals surface area contributed by atoms with Gasteiger partial charge >= 0.3 is 6.36 Å². The smallest absolute Gasteiger partial charge is 0.507 e. The van der Waals surface area contributed by atoms with Crippen molar-refractivity contribution in [3.63, 3.8) is 0 Å². The SMILES string of the molecule is Cc1cc(/C(O)=C2/C(=O)C(=O)N(c3ccc(OC(F)(F)F)cc3)C2c2ccccn2)ccc1Br. The Labute approximate surface area is 200 Å². The van der Waals surface area contributed by atoms with Gasteiger partial charge < -0.3 is 9.84 Å². The predicted molar refractivity (Wildman–Crippen MR) is 121 cm³/mol. The Morgan fingerprint density at radius 1 is 1.09 bits per heavy atom. The quantitative estimate of drug-likeness (QED) is 0.265. The van der Waals surface area contributed by atoms with Gasteiger partial charge in [0, 0.05) is 21.9 Å². The molecule has 1 aliphatic rings. The molecule has 10 heteroatoms. The maximum absolute atomic E-state index is 13.1. The standard InChI is InChI=1S/C24H16BrF3N2O4/c1-13-12-14(5-10-17(13)25)21(31)19-20(18-4-2-3-11-29-18)30(23(33)22(19)32)15-6-8-16(9-7-15)34-24(26,27)28/h2-12,20,31H,1H3/b21-19-. The molecule has 1 fully saturated rings. The zero-order valence-electron chi connectivity index (χ0n) is 17.5. The number of aliphatic hydroxyl groups excluding tert-OH is 1. The largest absolute Gasteiger partial charge is 0.573 e. The van der Waals surface area contributed by atoms with Crippen molar-refractivity contribution in [2.75, 3.05) is 4.90 Å². The number of hydrogen-bond donors (Lipinski definition) is 1. The predicted octanol–water partition coefficient (Wildman–Crippen LogP) is 5.68. The number of alkyl halides is 3. The Hall–Kier alpha value is -3.66. The van der Waals surface area contributed by atoms with Gasteiger partial charge in [0.2, 0.25) is 0 Å². The van der Waals surface area contributed by atoms with Gasteiger partial charge in [-0.1, -0.05) is 28.1 Å². The summed E-state index contributed by atoms with van der Waals surface area (Å²) in [5, 5.41) is 11.1. The molecular formula is C24H16BrF3N2O4. The first-order valence-electron chi connectivity index (χ1n) is 9.91. The lowest BCUT2D eigenvalue weighted by atomic mass is 9.97. The summed E-state index contributed by atoms with van der Waals surface area (Å²) in [7, 11) is 0. The molecule has 2 heterocycles. The number of benzene rings is 2. The molecule has 1 aromatic heterocycles. The number of aromatic nitrogens is 1. The molecule has 174 valence electrons. The number of Topliss-reactive ketones (excluding diaryl/α,β-unsaturated/α-hetero) is 1. The van der Waals surface area contributed by atoms with E-state index in [1.165, 1.54) is 18.3 Å². The van der Waals surface area contributed by atoms with Crippen molar-refractivity contribution >= 4 is 39.1 Å². The summed E-state index contributed by atoms with van der Waals surface area (Å²) in [5.41, 5.74) is 1.38. The maximum atomic E-state index is 13.1. The lowest BCUT2D eigenvalue weighted by molar-refractivity contribution is -0.274. The van der Waals surface area contributed by atoms with Gasteiger partial charge in [0.05, 0.1) is 11.3 Å². The molecule has 0 spiro atoms. The lowest BCUT2D eigenvalue weighted by Gasteiger charge is -2.24. The van der Waals surface area contributed by atoms with E-state index in [1.807, 2.05) is 0 Å². The lowest BCUT2D eigenvalue weighted by Crippen LogP contribution is -2.29. The summed E-state index contributed by atoms with van der Waals surface area (Å²) >= 11 is 3.38. The number of pyridine rings is 1. The molecule has 1 amide bonds. The molecule has 0 aliphatic carbocycles. The Balaban J connectivity index is 1.85. The van der Waals surface area contributed by atoms with Crippen molar-refractivity contribution in [2.24, 2.45) is 0 Å². The van der Waals surface area contributed by atoms with Gasteiger partial charge in [-0.25, -0.2) is 0 Å². The van der Waals surface area contributed by atoms with Crippen molar-refractivity contribution in [2.45, 2.75) is 19.3 Å². The summed E-state index contributed by atoms with van der Waals surface area (Å²) in [6.45, 7) is 1.81. The molecular weight excluding hydrogens is 517 g/mol. The zero-order valence-corrected chi connectivity index (χ0v) is 19.1. The summed E-state index contributed by atoms with van der Waals surface area (Å²) in [6, 6.07) is 13.3. The van der Waals surface area contributed by atoms with E-state index in [-0.39, 0.29) is 17.0 Å². The molecule has 34 heavy (non-hydrogen) atoms. The van der Waals surface area contributed by atoms with Crippen LogP contribution in [0.15, 0.2) is 76.9 Å². The van der Waals surface area contributed by atoms with E-state index in [2.05, 4.69) is 25.7 Å². The van der Waals surface area contributed by atoms with Crippen molar-refractivity contribution < 1.29 is 32.6 Å². The molecule has 6 nitrogen and oxygen atoms in total. The number of carbonyl (C=O) groups excluding carboxylic acids is 2. The number of anilines is 1. The number of halogens is 4. The highest BCUT2D eigenvalue weighted by Gasteiger charge is 2.47. The van der Waals surface area contributed by atoms with Gasteiger partial charge in [-0.3, -0.25) is 19.5 Å². The zero-order chi connectivity index (χ0) is 24.6. The first kappa shape index (κ1) is 23.5. The Morgan fingerprint density at radius 2 is 1.79 bits per heavy atom. The van der Waals surface area contributed by atoms with Gasteiger partial charge in [-0.2, -0.15) is 0 Å². The number of hydrogen-bond acceptors (Lipinski definition) is 5. The minimum atomic E-state index is -4.87. The highest BCUT2D eigenvalue weighted by Crippen LogP contribution is 2.42. The highest BCUT2D eigenvalue weighted by molar-refractivity contribution is 9.10. The van der Waals surface area contributed by atoms with Gasteiger partial charge in [0.15, 0.2) is 0 Å². The van der Waals surface area contributed by atoms with Crippen LogP contribution in [0.3, 0.4) is 0 Å². The van der Waals surface area contributed by atoms with Crippen molar-refractivity contribution in [3.8, 4) is 5.75 Å². The molecule has 1 atom stereocenters. The fraction of sp³-hybridized carbons (Fsp3) is 0.125. The number of aliphatic hydroxyl groups is 1. The number of ether oxygens (including phenoxy) is 1. The molecule has 1 unspecified atom stereocenters. The topological polar surface area (TPSA) is 79.7 Å². The summed E-state index contributed by atoms with van der Waals surface area (Å²) in [6.07, 6.45) is -3.40. The van der Waals surface area contributed by atoms with Crippen LogP contribution in [0, 0.1) is 6.92 Å². The van der Waals surface area contributed by atoms with E-state index >= 15 is 0 Å². The molecule has 1 N–H and O–H groups in total. The number of amides is 1. The van der Waals surface area contributed by atoms with Crippen molar-refractivity contribution in [3.05, 3.63) is 93.7 Å². The van der Waals surface area contributed by atoms with Gasteiger partial charge in [-0.15, -0.1) is 13.2 Å². The van der Waals surface area contributed by atoms with Crippen molar-refractivity contribution in [1.82, 2.24) is 4.98 Å². The van der Waals surface area contributed by atoms with Gasteiger partial charge in [0.1, 0.15) is 17.6 Å². The van der Waals surface area contributed by atoms with Crippen LogP contribution in [0.1, 0.15) is 22.9 Å². The van der Waals surface area contributed by atoms with Gasteiger partial charge in [0.25, 0.3) is 11.7 Å². The second-order valence-electron chi connectivity index (χ2n) is 7.43. The van der Waals surface area contributed by atoms with E-state index in [4.69, 9.17) is 0 Å². The second-order valence-corrected chi connectivity index (χ2v) is 8.28. The van der Waals surface area contributed by atoms with Crippen LogP contribution < -0.4 is 9.64 Å². The van der Waals surface area contributed by atoms with E-state index in [0.29, 0.717) is 11.3 Å². The number of nitrogens with zero attached hydrogens (tertiary/aromatic N) is 2. The average molecular weight is 533 g/mol. The molecule has 2 aromatic carbocycles. The fourth-order valence-corrected chi connectivity index (χ4v) is 3.92. The average Bonchev–Trinajstić information content (AvgIpc) is 3.06. The van der Waals surface area contributed by atoms with E-state index < -0.39 is 29.8 Å². The van der Waals surface area contributed by atoms with Crippen LogP contribution in [-0.4, -0.2) is 28.1 Å². The number of carbonyl (C=O) groups is 2. The third kappa shape index (κ3) is 4.54. The summed E-state index contributed by atoms with van der Waals surface area (Å²) in [5.74, 6) is -2.75. The van der Waals surface area contributed by atoms with E-state index in [0.717, 1.165) is 27.1 Å². The number of rotatable bonds is 4. The third-order valence-electron chi connectivity index (χ3n) is 5.19. The molecule has 0 radical (unpaired) electrons. The Bertz CT molecular complexity index is 1290. The third-order valence-corrected chi connectivity index (χ3v) is 6.08. The minimum Gasteiger partial charge on any atom is -0.507 e.